The van der Waals surface area contributed by atoms with E-state index in [4.69, 9.17) is 9.84 Å². The predicted molar refractivity (Wildman–Crippen MR) is 197 cm³/mol. The molecular formula is C42H74O4. The maximum absolute atomic E-state index is 13.2. The van der Waals surface area contributed by atoms with Gasteiger partial charge in [0.05, 0.1) is 12.3 Å². The van der Waals surface area contributed by atoms with Gasteiger partial charge in [-0.1, -0.05) is 206 Å². The van der Waals surface area contributed by atoms with Crippen LogP contribution in [0, 0.1) is 5.92 Å². The Bertz CT molecular complexity index is 785. The van der Waals surface area contributed by atoms with Gasteiger partial charge in [-0.2, -0.15) is 0 Å². The van der Waals surface area contributed by atoms with Crippen molar-refractivity contribution in [2.24, 2.45) is 5.92 Å². The minimum atomic E-state index is -0.855. The van der Waals surface area contributed by atoms with Gasteiger partial charge in [0.15, 0.2) is 0 Å². The second kappa shape index (κ2) is 31.7. The maximum atomic E-state index is 13.2. The molecular weight excluding hydrogens is 568 g/mol. The number of carboxylic acid groups (broad SMARTS) is 1. The highest BCUT2D eigenvalue weighted by Crippen LogP contribution is 2.23. The molecule has 0 bridgehead atoms. The van der Waals surface area contributed by atoms with Gasteiger partial charge in [0.1, 0.15) is 5.75 Å². The lowest BCUT2D eigenvalue weighted by molar-refractivity contribution is -0.139. The average molecular weight is 643 g/mol. The van der Waals surface area contributed by atoms with E-state index in [0.717, 1.165) is 25.7 Å². The summed E-state index contributed by atoms with van der Waals surface area (Å²) in [4.78, 5) is 24.2. The molecule has 0 unspecified atom stereocenters. The largest absolute Gasteiger partial charge is 0.481 e. The summed E-state index contributed by atoms with van der Waals surface area (Å²) in [7, 11) is 0. The quantitative estimate of drug-likeness (QED) is 0.0461. The maximum Gasteiger partial charge on any atom is 0.314 e. The molecule has 0 fully saturated rings. The first-order valence-corrected chi connectivity index (χ1v) is 20.1. The number of benzene rings is 1. The molecule has 0 aliphatic heterocycles. The molecule has 0 aliphatic carbocycles. The van der Waals surface area contributed by atoms with Gasteiger partial charge in [0.25, 0.3) is 0 Å². The zero-order valence-electron chi connectivity index (χ0n) is 30.5. The molecule has 1 rings (SSSR count). The van der Waals surface area contributed by atoms with Crippen molar-refractivity contribution >= 4 is 11.9 Å². The summed E-state index contributed by atoms with van der Waals surface area (Å²) >= 11 is 0. The molecule has 4 heteroatoms. The van der Waals surface area contributed by atoms with Gasteiger partial charge < -0.3 is 9.84 Å². The van der Waals surface area contributed by atoms with E-state index < -0.39 is 5.97 Å². The first-order valence-electron chi connectivity index (χ1n) is 20.1. The van der Waals surface area contributed by atoms with Gasteiger partial charge in [-0.25, -0.2) is 0 Å². The summed E-state index contributed by atoms with van der Waals surface area (Å²) in [6.45, 7) is 4.56. The van der Waals surface area contributed by atoms with E-state index in [-0.39, 0.29) is 18.3 Å². The normalized spacial score (nSPS) is 11.4. The van der Waals surface area contributed by atoms with Crippen LogP contribution in [0.25, 0.3) is 0 Å². The number of esters is 1. The van der Waals surface area contributed by atoms with Crippen LogP contribution in [0.4, 0.5) is 0 Å². The van der Waals surface area contributed by atoms with Gasteiger partial charge in [-0.3, -0.25) is 9.59 Å². The fraction of sp³-hybridized carbons (Fsp3) is 0.810. The number of carbonyl (C=O) groups excluding carboxylic acids is 1. The second-order valence-electron chi connectivity index (χ2n) is 14.1. The molecule has 0 saturated carbocycles. The van der Waals surface area contributed by atoms with E-state index in [9.17, 15) is 9.59 Å². The van der Waals surface area contributed by atoms with Crippen LogP contribution in [-0.4, -0.2) is 17.0 Å². The van der Waals surface area contributed by atoms with E-state index >= 15 is 0 Å². The molecule has 0 radical (unpaired) electrons. The summed E-state index contributed by atoms with van der Waals surface area (Å²) < 4.78 is 5.79. The SMILES string of the molecule is CCCCCCCCCCCCCCCCC(CCCCCCCCCCCCCCCC)C(=O)Oc1ccc(CC(=O)O)cc1. The van der Waals surface area contributed by atoms with E-state index in [1.165, 1.54) is 167 Å². The van der Waals surface area contributed by atoms with Crippen molar-refractivity contribution in [2.45, 2.75) is 213 Å². The Morgan fingerprint density at radius 3 is 1.11 bits per heavy atom. The van der Waals surface area contributed by atoms with Gasteiger partial charge >= 0.3 is 11.9 Å². The summed E-state index contributed by atoms with van der Waals surface area (Å²) in [5, 5.41) is 9.02. The van der Waals surface area contributed by atoms with Gasteiger partial charge in [0, 0.05) is 0 Å². The molecule has 0 aromatic heterocycles. The molecule has 266 valence electrons. The third-order valence-corrected chi connectivity index (χ3v) is 9.64. The zero-order chi connectivity index (χ0) is 33.3. The second-order valence-corrected chi connectivity index (χ2v) is 14.1. The Labute approximate surface area is 285 Å². The van der Waals surface area contributed by atoms with Crippen LogP contribution in [0.15, 0.2) is 24.3 Å². The van der Waals surface area contributed by atoms with Crippen LogP contribution in [-0.2, 0) is 16.0 Å². The first-order chi connectivity index (χ1) is 22.6. The number of hydrogen-bond donors (Lipinski definition) is 1. The van der Waals surface area contributed by atoms with Crippen LogP contribution < -0.4 is 4.74 Å². The van der Waals surface area contributed by atoms with Gasteiger partial charge in [-0.15, -0.1) is 0 Å². The Morgan fingerprint density at radius 2 is 0.804 bits per heavy atom. The highest BCUT2D eigenvalue weighted by molar-refractivity contribution is 5.75. The average Bonchev–Trinajstić information content (AvgIpc) is 3.04. The molecule has 0 amide bonds. The molecule has 0 spiro atoms. The number of aliphatic carboxylic acids is 1. The van der Waals surface area contributed by atoms with Crippen molar-refractivity contribution in [1.29, 1.82) is 0 Å². The van der Waals surface area contributed by atoms with Crippen LogP contribution in [0.1, 0.15) is 212 Å². The lowest BCUT2D eigenvalue weighted by Crippen LogP contribution is -2.21. The van der Waals surface area contributed by atoms with Gasteiger partial charge in [0.2, 0.25) is 0 Å². The fourth-order valence-electron chi connectivity index (χ4n) is 6.60. The molecule has 1 aromatic rings. The molecule has 4 nitrogen and oxygen atoms in total. The molecule has 1 aromatic carbocycles. The molecule has 0 atom stereocenters. The molecule has 0 saturated heterocycles. The van der Waals surface area contributed by atoms with E-state index in [0.29, 0.717) is 11.3 Å². The lowest BCUT2D eigenvalue weighted by Gasteiger charge is -2.16. The molecule has 46 heavy (non-hydrogen) atoms. The smallest absolute Gasteiger partial charge is 0.314 e. The van der Waals surface area contributed by atoms with Crippen LogP contribution in [0.3, 0.4) is 0 Å². The standard InChI is InChI=1S/C42H74O4/c1-3-5-7-9-11-13-15-17-19-21-23-25-27-29-31-39(42(45)46-40-35-33-38(34-36-40)37-41(43)44)32-30-28-26-24-22-20-18-16-14-12-10-8-6-4-2/h33-36,39H,3-32,37H2,1-2H3,(H,43,44). The number of rotatable bonds is 34. The van der Waals surface area contributed by atoms with E-state index in [1.54, 1.807) is 24.3 Å². The Kier molecular flexibility index (Phi) is 29.1. The number of hydrogen-bond acceptors (Lipinski definition) is 3. The number of unbranched alkanes of at least 4 members (excludes halogenated alkanes) is 26. The van der Waals surface area contributed by atoms with Crippen molar-refractivity contribution in [3.8, 4) is 5.75 Å². The highest BCUT2D eigenvalue weighted by atomic mass is 16.5. The minimum Gasteiger partial charge on any atom is -0.481 e. The van der Waals surface area contributed by atoms with Crippen molar-refractivity contribution in [1.82, 2.24) is 0 Å². The summed E-state index contributed by atoms with van der Waals surface area (Å²) in [5.74, 6) is -0.499. The monoisotopic (exact) mass is 643 g/mol. The highest BCUT2D eigenvalue weighted by Gasteiger charge is 2.20. The lowest BCUT2D eigenvalue weighted by atomic mass is 9.94. The Balaban J connectivity index is 2.27. The first kappa shape index (κ1) is 42.2. The fourth-order valence-corrected chi connectivity index (χ4v) is 6.60. The molecule has 1 N–H and O–H groups in total. The van der Waals surface area contributed by atoms with Crippen LogP contribution >= 0.6 is 0 Å². The number of carbonyl (C=O) groups is 2. The predicted octanol–water partition coefficient (Wildman–Crippen LogP) is 13.6. The van der Waals surface area contributed by atoms with E-state index in [2.05, 4.69) is 13.8 Å². The van der Waals surface area contributed by atoms with Crippen LogP contribution in [0.5, 0.6) is 5.75 Å². The molecule has 0 heterocycles. The Morgan fingerprint density at radius 1 is 0.500 bits per heavy atom. The van der Waals surface area contributed by atoms with Crippen LogP contribution in [0.2, 0.25) is 0 Å². The minimum absolute atomic E-state index is 0.0187. The topological polar surface area (TPSA) is 63.6 Å². The van der Waals surface area contributed by atoms with Crippen molar-refractivity contribution in [3.63, 3.8) is 0 Å². The summed E-state index contributed by atoms with van der Waals surface area (Å²) in [6.07, 6.45) is 39.3. The number of ether oxygens (including phenoxy) is 1. The van der Waals surface area contributed by atoms with Crippen molar-refractivity contribution in [3.05, 3.63) is 29.8 Å². The molecule has 0 aliphatic rings. The van der Waals surface area contributed by atoms with Gasteiger partial charge in [-0.05, 0) is 30.5 Å². The van der Waals surface area contributed by atoms with Crippen molar-refractivity contribution < 1.29 is 19.4 Å². The van der Waals surface area contributed by atoms with E-state index in [1.807, 2.05) is 0 Å². The summed E-state index contributed by atoms with van der Waals surface area (Å²) in [6, 6.07) is 6.94. The zero-order valence-corrected chi connectivity index (χ0v) is 30.5. The Hall–Kier alpha value is -1.84. The number of carboxylic acids is 1. The van der Waals surface area contributed by atoms with Crippen molar-refractivity contribution in [2.75, 3.05) is 0 Å². The summed E-state index contributed by atoms with van der Waals surface area (Å²) in [5.41, 5.74) is 0.716. The third kappa shape index (κ3) is 26.3. The third-order valence-electron chi connectivity index (χ3n) is 9.64.